The van der Waals surface area contributed by atoms with E-state index in [1.54, 1.807) is 16.8 Å². The molecule has 0 bridgehead atoms. The van der Waals surface area contributed by atoms with Crippen molar-refractivity contribution in [3.63, 3.8) is 0 Å². The van der Waals surface area contributed by atoms with Gasteiger partial charge >= 0.3 is 0 Å². The van der Waals surface area contributed by atoms with Crippen LogP contribution in [0.2, 0.25) is 0 Å². The molecule has 3 heteroatoms. The molecule has 0 radical (unpaired) electrons. The molecule has 72 valence electrons. The van der Waals surface area contributed by atoms with Crippen LogP contribution in [0, 0.1) is 6.92 Å². The zero-order valence-corrected chi connectivity index (χ0v) is 8.32. The van der Waals surface area contributed by atoms with Gasteiger partial charge in [-0.3, -0.25) is 9.36 Å². The van der Waals surface area contributed by atoms with Gasteiger partial charge in [0, 0.05) is 24.2 Å². The quantitative estimate of drug-likeness (QED) is 0.683. The van der Waals surface area contributed by atoms with Crippen LogP contribution in [0.1, 0.15) is 12.5 Å². The van der Waals surface area contributed by atoms with Crippen molar-refractivity contribution in [3.05, 3.63) is 40.3 Å². The van der Waals surface area contributed by atoms with Gasteiger partial charge in [0.15, 0.2) is 0 Å². The third-order valence-corrected chi connectivity index (χ3v) is 2.28. The van der Waals surface area contributed by atoms with Crippen molar-refractivity contribution in [1.82, 2.24) is 9.55 Å². The standard InChI is InChI=1S/C11H12N2O/c1-3-13-10(14)5-4-9-6-8(2)7-12-11(9)13/h4-7H,3H2,1-2H3. The zero-order chi connectivity index (χ0) is 10.1. The minimum Gasteiger partial charge on any atom is -0.293 e. The molecule has 0 unspecified atom stereocenters. The number of rotatable bonds is 1. The normalized spacial score (nSPS) is 10.7. The number of hydrogen-bond acceptors (Lipinski definition) is 2. The molecule has 14 heavy (non-hydrogen) atoms. The molecule has 2 aromatic rings. The first kappa shape index (κ1) is 8.94. The Kier molecular flexibility index (Phi) is 2.08. The van der Waals surface area contributed by atoms with E-state index >= 15 is 0 Å². The third kappa shape index (κ3) is 1.31. The number of aromatic nitrogens is 2. The summed E-state index contributed by atoms with van der Waals surface area (Å²) in [5, 5.41) is 1.02. The van der Waals surface area contributed by atoms with Crippen LogP contribution in [-0.2, 0) is 6.54 Å². The van der Waals surface area contributed by atoms with E-state index in [0.29, 0.717) is 6.54 Å². The summed E-state index contributed by atoms with van der Waals surface area (Å²) in [5.74, 6) is 0. The Morgan fingerprint density at radius 2 is 2.21 bits per heavy atom. The second-order valence-corrected chi connectivity index (χ2v) is 3.34. The van der Waals surface area contributed by atoms with Crippen molar-refractivity contribution in [2.24, 2.45) is 0 Å². The summed E-state index contributed by atoms with van der Waals surface area (Å²) in [6.45, 7) is 4.60. The molecule has 0 fully saturated rings. The zero-order valence-electron chi connectivity index (χ0n) is 8.32. The lowest BCUT2D eigenvalue weighted by molar-refractivity contribution is 0.749. The van der Waals surface area contributed by atoms with Gasteiger partial charge in [-0.1, -0.05) is 0 Å². The first-order valence-electron chi connectivity index (χ1n) is 4.68. The van der Waals surface area contributed by atoms with Crippen LogP contribution in [0.25, 0.3) is 11.0 Å². The minimum atomic E-state index is 0.0105. The predicted molar refractivity (Wildman–Crippen MR) is 56.4 cm³/mol. The van der Waals surface area contributed by atoms with E-state index < -0.39 is 0 Å². The largest absolute Gasteiger partial charge is 0.293 e. The van der Waals surface area contributed by atoms with Crippen LogP contribution >= 0.6 is 0 Å². The lowest BCUT2D eigenvalue weighted by Crippen LogP contribution is -2.18. The van der Waals surface area contributed by atoms with E-state index in [9.17, 15) is 4.79 Å². The van der Waals surface area contributed by atoms with E-state index in [4.69, 9.17) is 0 Å². The third-order valence-electron chi connectivity index (χ3n) is 2.28. The Bertz CT molecular complexity index is 528. The summed E-state index contributed by atoms with van der Waals surface area (Å²) >= 11 is 0. The number of hydrogen-bond donors (Lipinski definition) is 0. The second kappa shape index (κ2) is 3.25. The van der Waals surface area contributed by atoms with Crippen LogP contribution in [0.4, 0.5) is 0 Å². The maximum atomic E-state index is 11.5. The van der Waals surface area contributed by atoms with Crippen molar-refractivity contribution < 1.29 is 0 Å². The fraction of sp³-hybridized carbons (Fsp3) is 0.273. The molecule has 0 aliphatic rings. The Hall–Kier alpha value is -1.64. The Morgan fingerprint density at radius 3 is 2.93 bits per heavy atom. The molecular weight excluding hydrogens is 176 g/mol. The molecule has 2 rings (SSSR count). The number of pyridine rings is 2. The molecular formula is C11H12N2O. The van der Waals surface area contributed by atoms with E-state index in [1.165, 1.54) is 0 Å². The summed E-state index contributed by atoms with van der Waals surface area (Å²) in [6, 6.07) is 5.45. The van der Waals surface area contributed by atoms with Gasteiger partial charge in [0.1, 0.15) is 5.65 Å². The van der Waals surface area contributed by atoms with Crippen LogP contribution in [0.5, 0.6) is 0 Å². The van der Waals surface area contributed by atoms with Gasteiger partial charge in [-0.15, -0.1) is 0 Å². The molecule has 2 heterocycles. The van der Waals surface area contributed by atoms with Crippen LogP contribution in [0.15, 0.2) is 29.2 Å². The molecule has 0 atom stereocenters. The number of aryl methyl sites for hydroxylation is 2. The lowest BCUT2D eigenvalue weighted by atomic mass is 10.2. The average Bonchev–Trinajstić information content (AvgIpc) is 2.18. The molecule has 0 N–H and O–H groups in total. The smallest absolute Gasteiger partial charge is 0.252 e. The maximum absolute atomic E-state index is 11.5. The second-order valence-electron chi connectivity index (χ2n) is 3.34. The topological polar surface area (TPSA) is 34.9 Å². The fourth-order valence-electron chi connectivity index (χ4n) is 1.59. The first-order chi connectivity index (χ1) is 6.72. The van der Waals surface area contributed by atoms with Crippen molar-refractivity contribution >= 4 is 11.0 Å². The summed E-state index contributed by atoms with van der Waals surface area (Å²) in [5.41, 5.74) is 1.89. The van der Waals surface area contributed by atoms with Gasteiger partial charge in [0.2, 0.25) is 0 Å². The highest BCUT2D eigenvalue weighted by molar-refractivity contribution is 5.75. The molecule has 0 saturated carbocycles. The molecule has 0 aliphatic carbocycles. The highest BCUT2D eigenvalue weighted by Gasteiger charge is 2.01. The summed E-state index contributed by atoms with van der Waals surface area (Å²) in [7, 11) is 0. The van der Waals surface area contributed by atoms with Crippen molar-refractivity contribution in [2.45, 2.75) is 20.4 Å². The average molecular weight is 188 g/mol. The van der Waals surface area contributed by atoms with E-state index in [0.717, 1.165) is 16.6 Å². The number of nitrogens with zero attached hydrogens (tertiary/aromatic N) is 2. The summed E-state index contributed by atoms with van der Waals surface area (Å²) < 4.78 is 1.68. The van der Waals surface area contributed by atoms with Crippen LogP contribution in [-0.4, -0.2) is 9.55 Å². The monoisotopic (exact) mass is 188 g/mol. The highest BCUT2D eigenvalue weighted by atomic mass is 16.1. The molecule has 0 aliphatic heterocycles. The van der Waals surface area contributed by atoms with Gasteiger partial charge in [-0.25, -0.2) is 4.98 Å². The van der Waals surface area contributed by atoms with Crippen molar-refractivity contribution in [2.75, 3.05) is 0 Å². The Balaban J connectivity index is 2.89. The first-order valence-corrected chi connectivity index (χ1v) is 4.68. The van der Waals surface area contributed by atoms with Gasteiger partial charge in [0.05, 0.1) is 0 Å². The molecule has 0 amide bonds. The highest BCUT2D eigenvalue weighted by Crippen LogP contribution is 2.10. The predicted octanol–water partition coefficient (Wildman–Crippen LogP) is 1.72. The van der Waals surface area contributed by atoms with Gasteiger partial charge in [-0.05, 0) is 31.5 Å². The minimum absolute atomic E-state index is 0.0105. The summed E-state index contributed by atoms with van der Waals surface area (Å²) in [4.78, 5) is 15.7. The van der Waals surface area contributed by atoms with Gasteiger partial charge < -0.3 is 0 Å². The summed E-state index contributed by atoms with van der Waals surface area (Å²) in [6.07, 6.45) is 1.79. The van der Waals surface area contributed by atoms with Crippen molar-refractivity contribution in [3.8, 4) is 0 Å². The van der Waals surface area contributed by atoms with Crippen LogP contribution in [0.3, 0.4) is 0 Å². The SMILES string of the molecule is CCn1c(=O)ccc2cc(C)cnc21. The van der Waals surface area contributed by atoms with E-state index in [-0.39, 0.29) is 5.56 Å². The molecule has 0 saturated heterocycles. The van der Waals surface area contributed by atoms with Crippen molar-refractivity contribution in [1.29, 1.82) is 0 Å². The number of fused-ring (bicyclic) bond motifs is 1. The van der Waals surface area contributed by atoms with Gasteiger partial charge in [-0.2, -0.15) is 0 Å². The fourth-order valence-corrected chi connectivity index (χ4v) is 1.59. The molecule has 3 nitrogen and oxygen atoms in total. The Morgan fingerprint density at radius 1 is 1.43 bits per heavy atom. The van der Waals surface area contributed by atoms with E-state index in [1.807, 2.05) is 26.0 Å². The van der Waals surface area contributed by atoms with Crippen LogP contribution < -0.4 is 5.56 Å². The molecule has 2 aromatic heterocycles. The molecule has 0 spiro atoms. The Labute approximate surface area is 82.0 Å². The van der Waals surface area contributed by atoms with Gasteiger partial charge in [0.25, 0.3) is 5.56 Å². The lowest BCUT2D eigenvalue weighted by Gasteiger charge is -2.06. The molecule has 0 aromatic carbocycles. The maximum Gasteiger partial charge on any atom is 0.252 e. The van der Waals surface area contributed by atoms with E-state index in [2.05, 4.69) is 4.98 Å².